The summed E-state index contributed by atoms with van der Waals surface area (Å²) in [5.41, 5.74) is 7.74. The SMILES string of the molecule is CCCCc1nc2c(CC(C)(C)C)nc3ccccc3c2n1Cc1ccc(CNCC(C)(C)C2CCC2)cc1. The van der Waals surface area contributed by atoms with Crippen molar-refractivity contribution in [3.05, 3.63) is 71.2 Å². The zero-order valence-corrected chi connectivity index (χ0v) is 25.1. The van der Waals surface area contributed by atoms with E-state index >= 15 is 0 Å². The van der Waals surface area contributed by atoms with Crippen molar-refractivity contribution in [2.75, 3.05) is 6.54 Å². The van der Waals surface area contributed by atoms with Crippen molar-refractivity contribution in [3.8, 4) is 0 Å². The molecular formula is C35H48N4. The fourth-order valence-electron chi connectivity index (χ4n) is 6.07. The summed E-state index contributed by atoms with van der Waals surface area (Å²) in [5.74, 6) is 2.07. The Morgan fingerprint density at radius 2 is 1.64 bits per heavy atom. The van der Waals surface area contributed by atoms with Crippen LogP contribution in [0.15, 0.2) is 48.5 Å². The summed E-state index contributed by atoms with van der Waals surface area (Å²) < 4.78 is 2.48. The van der Waals surface area contributed by atoms with E-state index in [1.807, 2.05) is 0 Å². The van der Waals surface area contributed by atoms with E-state index in [0.717, 1.165) is 68.0 Å². The zero-order chi connectivity index (χ0) is 27.6. The molecule has 0 radical (unpaired) electrons. The number of rotatable bonds is 11. The van der Waals surface area contributed by atoms with Crippen molar-refractivity contribution < 1.29 is 0 Å². The quantitative estimate of drug-likeness (QED) is 0.214. The number of benzene rings is 2. The van der Waals surface area contributed by atoms with Crippen LogP contribution in [0.3, 0.4) is 0 Å². The highest BCUT2D eigenvalue weighted by Crippen LogP contribution is 2.41. The van der Waals surface area contributed by atoms with E-state index in [1.54, 1.807) is 0 Å². The van der Waals surface area contributed by atoms with Gasteiger partial charge in [0, 0.05) is 31.4 Å². The average molecular weight is 525 g/mol. The van der Waals surface area contributed by atoms with Gasteiger partial charge in [-0.3, -0.25) is 4.98 Å². The Bertz CT molecular complexity index is 1400. The van der Waals surface area contributed by atoms with Gasteiger partial charge in [0.2, 0.25) is 0 Å². The van der Waals surface area contributed by atoms with Gasteiger partial charge in [-0.25, -0.2) is 4.98 Å². The first kappa shape index (κ1) is 27.8. The lowest BCUT2D eigenvalue weighted by Gasteiger charge is -2.40. The van der Waals surface area contributed by atoms with Gasteiger partial charge in [0.15, 0.2) is 0 Å². The maximum atomic E-state index is 5.28. The number of nitrogens with one attached hydrogen (secondary N) is 1. The molecule has 0 amide bonds. The normalized spacial score (nSPS) is 14.8. The predicted octanol–water partition coefficient (Wildman–Crippen LogP) is 8.48. The molecule has 1 aliphatic carbocycles. The van der Waals surface area contributed by atoms with Crippen LogP contribution in [0.4, 0.5) is 0 Å². The fourth-order valence-corrected chi connectivity index (χ4v) is 6.07. The third-order valence-corrected chi connectivity index (χ3v) is 8.67. The molecule has 4 aromatic rings. The molecule has 0 bridgehead atoms. The van der Waals surface area contributed by atoms with E-state index < -0.39 is 0 Å². The maximum Gasteiger partial charge on any atom is 0.111 e. The number of aromatic nitrogens is 3. The summed E-state index contributed by atoms with van der Waals surface area (Å²) >= 11 is 0. The number of imidazole rings is 1. The molecule has 5 rings (SSSR count). The first-order valence-electron chi connectivity index (χ1n) is 15.2. The van der Waals surface area contributed by atoms with Crippen LogP contribution >= 0.6 is 0 Å². The van der Waals surface area contributed by atoms with Crippen LogP contribution < -0.4 is 5.32 Å². The molecule has 0 atom stereocenters. The van der Waals surface area contributed by atoms with Gasteiger partial charge in [0.25, 0.3) is 0 Å². The fraction of sp³-hybridized carbons (Fsp3) is 0.543. The first-order valence-corrected chi connectivity index (χ1v) is 15.2. The molecule has 208 valence electrons. The van der Waals surface area contributed by atoms with Crippen LogP contribution in [0.5, 0.6) is 0 Å². The Hall–Kier alpha value is -2.72. The van der Waals surface area contributed by atoms with Crippen molar-refractivity contribution in [2.24, 2.45) is 16.7 Å². The third-order valence-electron chi connectivity index (χ3n) is 8.67. The van der Waals surface area contributed by atoms with E-state index in [-0.39, 0.29) is 5.41 Å². The number of aryl methyl sites for hydroxylation is 1. The zero-order valence-electron chi connectivity index (χ0n) is 25.1. The lowest BCUT2D eigenvalue weighted by Crippen LogP contribution is -2.38. The maximum absolute atomic E-state index is 5.28. The molecule has 1 aliphatic rings. The highest BCUT2D eigenvalue weighted by Gasteiger charge is 2.33. The molecule has 2 aromatic carbocycles. The second-order valence-electron chi connectivity index (χ2n) is 13.8. The van der Waals surface area contributed by atoms with Gasteiger partial charge >= 0.3 is 0 Å². The van der Waals surface area contributed by atoms with Crippen molar-refractivity contribution in [3.63, 3.8) is 0 Å². The van der Waals surface area contributed by atoms with Gasteiger partial charge in [0.05, 0.1) is 16.7 Å². The van der Waals surface area contributed by atoms with E-state index in [2.05, 4.69) is 100.0 Å². The Labute approximate surface area is 235 Å². The minimum absolute atomic E-state index is 0.146. The van der Waals surface area contributed by atoms with Crippen LogP contribution in [-0.4, -0.2) is 21.1 Å². The second kappa shape index (κ2) is 11.4. The summed E-state index contributed by atoms with van der Waals surface area (Å²) in [6.45, 7) is 16.8. The number of pyridine rings is 1. The molecule has 2 heterocycles. The number of nitrogens with zero attached hydrogens (tertiary/aromatic N) is 3. The Kier molecular flexibility index (Phi) is 8.14. The largest absolute Gasteiger partial charge is 0.323 e. The summed E-state index contributed by atoms with van der Waals surface area (Å²) in [7, 11) is 0. The van der Waals surface area contributed by atoms with Crippen LogP contribution in [-0.2, 0) is 25.9 Å². The standard InChI is InChI=1S/C35H48N4/c1-7-8-16-31-38-32-30(21-34(2,3)4)37-29-15-10-9-14-28(29)33(32)39(31)23-26-19-17-25(18-20-26)22-36-24-35(5,6)27-12-11-13-27/h9-10,14-15,17-20,27,36H,7-8,11-13,16,21-24H2,1-6H3. The molecule has 4 nitrogen and oxygen atoms in total. The lowest BCUT2D eigenvalue weighted by molar-refractivity contribution is 0.118. The van der Waals surface area contributed by atoms with Crippen LogP contribution in [0, 0.1) is 16.7 Å². The van der Waals surface area contributed by atoms with E-state index in [1.165, 1.54) is 47.1 Å². The molecular weight excluding hydrogens is 476 g/mol. The van der Waals surface area contributed by atoms with Crippen LogP contribution in [0.1, 0.15) is 96.3 Å². The summed E-state index contributed by atoms with van der Waals surface area (Å²) in [5, 5.41) is 4.94. The highest BCUT2D eigenvalue weighted by atomic mass is 15.1. The van der Waals surface area contributed by atoms with Crippen molar-refractivity contribution >= 4 is 21.9 Å². The summed E-state index contributed by atoms with van der Waals surface area (Å²) in [4.78, 5) is 10.4. The van der Waals surface area contributed by atoms with Gasteiger partial charge in [-0.1, -0.05) is 96.8 Å². The smallest absolute Gasteiger partial charge is 0.111 e. The summed E-state index contributed by atoms with van der Waals surface area (Å²) in [6, 6.07) is 17.8. The number of para-hydroxylation sites is 1. The van der Waals surface area contributed by atoms with Crippen molar-refractivity contribution in [2.45, 2.75) is 99.6 Å². The minimum atomic E-state index is 0.146. The van der Waals surface area contributed by atoms with Crippen molar-refractivity contribution in [1.82, 2.24) is 19.9 Å². The van der Waals surface area contributed by atoms with Gasteiger partial charge in [-0.15, -0.1) is 0 Å². The molecule has 1 saturated carbocycles. The van der Waals surface area contributed by atoms with E-state index in [9.17, 15) is 0 Å². The summed E-state index contributed by atoms with van der Waals surface area (Å²) in [6.07, 6.45) is 8.42. The molecule has 0 saturated heterocycles. The van der Waals surface area contributed by atoms with Crippen molar-refractivity contribution in [1.29, 1.82) is 0 Å². The van der Waals surface area contributed by atoms with Gasteiger partial charge in [-0.2, -0.15) is 0 Å². The van der Waals surface area contributed by atoms with Gasteiger partial charge in [0.1, 0.15) is 11.3 Å². The number of hydrogen-bond donors (Lipinski definition) is 1. The highest BCUT2D eigenvalue weighted by molar-refractivity contribution is 6.03. The molecule has 4 heteroatoms. The monoisotopic (exact) mass is 524 g/mol. The molecule has 39 heavy (non-hydrogen) atoms. The molecule has 1 N–H and O–H groups in total. The number of hydrogen-bond acceptors (Lipinski definition) is 3. The Morgan fingerprint density at radius 1 is 0.923 bits per heavy atom. The van der Waals surface area contributed by atoms with Crippen LogP contribution in [0.25, 0.3) is 21.9 Å². The lowest BCUT2D eigenvalue weighted by atomic mass is 9.67. The van der Waals surface area contributed by atoms with E-state index in [4.69, 9.17) is 9.97 Å². The topological polar surface area (TPSA) is 42.7 Å². The first-order chi connectivity index (χ1) is 18.6. The number of fused-ring (bicyclic) bond motifs is 3. The molecule has 2 aromatic heterocycles. The van der Waals surface area contributed by atoms with Gasteiger partial charge in [-0.05, 0) is 59.6 Å². The molecule has 0 spiro atoms. The minimum Gasteiger partial charge on any atom is -0.323 e. The predicted molar refractivity (Wildman–Crippen MR) is 165 cm³/mol. The second-order valence-corrected chi connectivity index (χ2v) is 13.8. The van der Waals surface area contributed by atoms with E-state index in [0.29, 0.717) is 5.41 Å². The van der Waals surface area contributed by atoms with Crippen LogP contribution in [0.2, 0.25) is 0 Å². The molecule has 1 fully saturated rings. The third kappa shape index (κ3) is 6.38. The van der Waals surface area contributed by atoms with Gasteiger partial charge < -0.3 is 9.88 Å². The molecule has 0 aliphatic heterocycles. The number of unbranched alkanes of at least 4 members (excludes halogenated alkanes) is 1. The molecule has 0 unspecified atom stereocenters. The Morgan fingerprint density at radius 3 is 2.31 bits per heavy atom. The average Bonchev–Trinajstić information content (AvgIpc) is 3.20. The Balaban J connectivity index is 1.43.